The Balaban J connectivity index is 2.36. The van der Waals surface area contributed by atoms with Crippen molar-refractivity contribution in [3.63, 3.8) is 0 Å². The standard InChI is InChI=1S/C17H17I/c1-2-5-14-8-10-16(11-9-14)17-7-4-3-6-15(17)12-13-18/h3-4,6-13H,2,5H2,1H3/b13-12+. The quantitative estimate of drug-likeness (QED) is 0.621. The molecular formula is C17H17I. The summed E-state index contributed by atoms with van der Waals surface area (Å²) in [5.74, 6) is 0. The van der Waals surface area contributed by atoms with E-state index in [0.717, 1.165) is 6.42 Å². The van der Waals surface area contributed by atoms with Crippen LogP contribution in [0.2, 0.25) is 0 Å². The van der Waals surface area contributed by atoms with Gasteiger partial charge >= 0.3 is 0 Å². The first kappa shape index (κ1) is 13.3. The second kappa shape index (κ2) is 6.74. The Labute approximate surface area is 123 Å². The maximum atomic E-state index is 2.26. The average Bonchev–Trinajstić information content (AvgIpc) is 2.41. The third-order valence-corrected chi connectivity index (χ3v) is 3.37. The molecule has 2 aromatic carbocycles. The van der Waals surface area contributed by atoms with Gasteiger partial charge in [0.25, 0.3) is 0 Å². The third-order valence-electron chi connectivity index (χ3n) is 3.01. The van der Waals surface area contributed by atoms with Crippen LogP contribution in [0.3, 0.4) is 0 Å². The summed E-state index contributed by atoms with van der Waals surface area (Å²) >= 11 is 2.26. The fourth-order valence-electron chi connectivity index (χ4n) is 2.11. The van der Waals surface area contributed by atoms with Crippen molar-refractivity contribution in [2.45, 2.75) is 19.8 Å². The molecule has 0 aliphatic rings. The highest BCUT2D eigenvalue weighted by molar-refractivity contribution is 14.1. The monoisotopic (exact) mass is 348 g/mol. The molecule has 92 valence electrons. The second-order valence-electron chi connectivity index (χ2n) is 4.33. The van der Waals surface area contributed by atoms with Crippen LogP contribution in [-0.2, 0) is 6.42 Å². The predicted octanol–water partition coefficient (Wildman–Crippen LogP) is 5.71. The summed E-state index contributed by atoms with van der Waals surface area (Å²) in [6, 6.07) is 17.5. The minimum absolute atomic E-state index is 1.16. The van der Waals surface area contributed by atoms with Gasteiger partial charge < -0.3 is 0 Å². The van der Waals surface area contributed by atoms with Crippen LogP contribution in [0.25, 0.3) is 17.2 Å². The van der Waals surface area contributed by atoms with Crippen molar-refractivity contribution in [3.05, 3.63) is 63.7 Å². The van der Waals surface area contributed by atoms with Crippen molar-refractivity contribution >= 4 is 28.7 Å². The van der Waals surface area contributed by atoms with Gasteiger partial charge in [0.15, 0.2) is 0 Å². The molecule has 0 amide bonds. The Morgan fingerprint density at radius 1 is 1.00 bits per heavy atom. The molecule has 18 heavy (non-hydrogen) atoms. The smallest absolute Gasteiger partial charge is 0.0111 e. The van der Waals surface area contributed by atoms with Crippen LogP contribution in [0, 0.1) is 0 Å². The van der Waals surface area contributed by atoms with Crippen molar-refractivity contribution < 1.29 is 0 Å². The fraction of sp³-hybridized carbons (Fsp3) is 0.176. The lowest BCUT2D eigenvalue weighted by atomic mass is 9.98. The SMILES string of the molecule is CCCc1ccc(-c2ccccc2/C=C/I)cc1. The van der Waals surface area contributed by atoms with Crippen molar-refractivity contribution in [1.82, 2.24) is 0 Å². The maximum Gasteiger partial charge on any atom is -0.0111 e. The van der Waals surface area contributed by atoms with E-state index < -0.39 is 0 Å². The van der Waals surface area contributed by atoms with E-state index in [2.05, 4.69) is 88.2 Å². The summed E-state index contributed by atoms with van der Waals surface area (Å²) in [6.07, 6.45) is 4.51. The molecule has 0 saturated carbocycles. The Morgan fingerprint density at radius 2 is 1.72 bits per heavy atom. The summed E-state index contributed by atoms with van der Waals surface area (Å²) in [5.41, 5.74) is 5.28. The van der Waals surface area contributed by atoms with Gasteiger partial charge in [0.2, 0.25) is 0 Å². The van der Waals surface area contributed by atoms with Gasteiger partial charge in [-0.2, -0.15) is 0 Å². The van der Waals surface area contributed by atoms with E-state index in [0.29, 0.717) is 0 Å². The number of rotatable bonds is 4. The summed E-state index contributed by atoms with van der Waals surface area (Å²) in [5, 5.41) is 0. The predicted molar refractivity (Wildman–Crippen MR) is 88.9 cm³/mol. The van der Waals surface area contributed by atoms with Crippen molar-refractivity contribution in [3.8, 4) is 11.1 Å². The zero-order valence-corrected chi connectivity index (χ0v) is 12.7. The van der Waals surface area contributed by atoms with Gasteiger partial charge in [-0.15, -0.1) is 0 Å². The molecule has 0 nitrogen and oxygen atoms in total. The molecule has 0 fully saturated rings. The topological polar surface area (TPSA) is 0 Å². The highest BCUT2D eigenvalue weighted by Crippen LogP contribution is 2.25. The summed E-state index contributed by atoms with van der Waals surface area (Å²) < 4.78 is 2.06. The molecule has 0 unspecified atom stereocenters. The third kappa shape index (κ3) is 3.22. The van der Waals surface area contributed by atoms with Crippen LogP contribution in [0.5, 0.6) is 0 Å². The zero-order valence-electron chi connectivity index (χ0n) is 10.6. The normalized spacial score (nSPS) is 11.0. The molecule has 0 radical (unpaired) electrons. The van der Waals surface area contributed by atoms with Crippen LogP contribution in [0.4, 0.5) is 0 Å². The van der Waals surface area contributed by atoms with E-state index in [-0.39, 0.29) is 0 Å². The van der Waals surface area contributed by atoms with E-state index >= 15 is 0 Å². The first-order chi connectivity index (χ1) is 8.85. The molecule has 2 aromatic rings. The Morgan fingerprint density at radius 3 is 2.39 bits per heavy atom. The van der Waals surface area contributed by atoms with Crippen molar-refractivity contribution in [2.24, 2.45) is 0 Å². The van der Waals surface area contributed by atoms with Gasteiger partial charge in [-0.3, -0.25) is 0 Å². The van der Waals surface area contributed by atoms with Crippen LogP contribution in [0.15, 0.2) is 52.6 Å². The molecule has 0 aliphatic carbocycles. The van der Waals surface area contributed by atoms with E-state index in [9.17, 15) is 0 Å². The van der Waals surface area contributed by atoms with Crippen molar-refractivity contribution in [1.29, 1.82) is 0 Å². The lowest BCUT2D eigenvalue weighted by Gasteiger charge is -2.07. The minimum atomic E-state index is 1.16. The summed E-state index contributed by atoms with van der Waals surface area (Å²) in [7, 11) is 0. The number of benzene rings is 2. The highest BCUT2D eigenvalue weighted by atomic mass is 127. The second-order valence-corrected chi connectivity index (χ2v) is 5.05. The largest absolute Gasteiger partial charge is 0.0651 e. The van der Waals surface area contributed by atoms with Gasteiger partial charge in [-0.05, 0) is 38.8 Å². The molecular weight excluding hydrogens is 331 g/mol. The molecule has 0 heterocycles. The molecule has 0 aromatic heterocycles. The Bertz CT molecular complexity index is 524. The number of hydrogen-bond acceptors (Lipinski definition) is 0. The molecule has 0 saturated heterocycles. The van der Waals surface area contributed by atoms with Gasteiger partial charge in [0.05, 0.1) is 0 Å². The fourth-order valence-corrected chi connectivity index (χ4v) is 2.50. The van der Waals surface area contributed by atoms with Crippen LogP contribution < -0.4 is 0 Å². The Kier molecular flexibility index (Phi) is 5.00. The van der Waals surface area contributed by atoms with Gasteiger partial charge in [0.1, 0.15) is 0 Å². The van der Waals surface area contributed by atoms with Crippen LogP contribution in [0.1, 0.15) is 24.5 Å². The van der Waals surface area contributed by atoms with Crippen LogP contribution in [-0.4, -0.2) is 0 Å². The van der Waals surface area contributed by atoms with Gasteiger partial charge in [-0.1, -0.05) is 84.5 Å². The van der Waals surface area contributed by atoms with Gasteiger partial charge in [0, 0.05) is 0 Å². The number of aryl methyl sites for hydroxylation is 1. The lowest BCUT2D eigenvalue weighted by molar-refractivity contribution is 0.922. The lowest BCUT2D eigenvalue weighted by Crippen LogP contribution is -1.85. The average molecular weight is 348 g/mol. The summed E-state index contributed by atoms with van der Waals surface area (Å²) in [6.45, 7) is 2.22. The molecule has 0 spiro atoms. The Hall–Kier alpha value is -1.09. The minimum Gasteiger partial charge on any atom is -0.0651 e. The van der Waals surface area contributed by atoms with Crippen LogP contribution >= 0.6 is 22.6 Å². The first-order valence-corrected chi connectivity index (χ1v) is 7.55. The molecule has 0 atom stereocenters. The highest BCUT2D eigenvalue weighted by Gasteiger charge is 2.01. The van der Waals surface area contributed by atoms with Gasteiger partial charge in [-0.25, -0.2) is 0 Å². The molecule has 1 heteroatoms. The number of hydrogen-bond donors (Lipinski definition) is 0. The molecule has 0 aliphatic heterocycles. The maximum absolute atomic E-state index is 2.26. The van der Waals surface area contributed by atoms with E-state index in [1.165, 1.54) is 28.7 Å². The zero-order chi connectivity index (χ0) is 12.8. The molecule has 0 bridgehead atoms. The van der Waals surface area contributed by atoms with E-state index in [1.54, 1.807) is 0 Å². The summed E-state index contributed by atoms with van der Waals surface area (Å²) in [4.78, 5) is 0. The van der Waals surface area contributed by atoms with E-state index in [1.807, 2.05) is 0 Å². The first-order valence-electron chi connectivity index (χ1n) is 6.30. The molecule has 0 N–H and O–H groups in total. The molecule has 2 rings (SSSR count). The van der Waals surface area contributed by atoms with Crippen molar-refractivity contribution in [2.75, 3.05) is 0 Å². The number of halogens is 1. The van der Waals surface area contributed by atoms with E-state index in [4.69, 9.17) is 0 Å².